The van der Waals surface area contributed by atoms with Gasteiger partial charge < -0.3 is 9.52 Å². The van der Waals surface area contributed by atoms with Crippen LogP contribution in [0.3, 0.4) is 0 Å². The summed E-state index contributed by atoms with van der Waals surface area (Å²) in [6.07, 6.45) is -4.33. The van der Waals surface area contributed by atoms with E-state index in [-0.39, 0.29) is 11.3 Å². The zero-order chi connectivity index (χ0) is 13.3. The van der Waals surface area contributed by atoms with E-state index in [9.17, 15) is 18.3 Å². The van der Waals surface area contributed by atoms with Crippen molar-refractivity contribution >= 4 is 15.9 Å². The highest BCUT2D eigenvalue weighted by molar-refractivity contribution is 9.10. The average Bonchev–Trinajstić information content (AvgIpc) is 2.73. The summed E-state index contributed by atoms with van der Waals surface area (Å²) in [7, 11) is 0. The maximum atomic E-state index is 12.5. The highest BCUT2D eigenvalue weighted by Crippen LogP contribution is 2.34. The van der Waals surface area contributed by atoms with Crippen molar-refractivity contribution in [3.8, 4) is 0 Å². The smallest absolute Gasteiger partial charge is 0.416 e. The summed E-state index contributed by atoms with van der Waals surface area (Å²) >= 11 is 3.15. The van der Waals surface area contributed by atoms with Crippen LogP contribution in [0.4, 0.5) is 13.2 Å². The van der Waals surface area contributed by atoms with E-state index in [2.05, 4.69) is 15.9 Å². The van der Waals surface area contributed by atoms with Crippen molar-refractivity contribution in [1.82, 2.24) is 0 Å². The van der Waals surface area contributed by atoms with Gasteiger partial charge in [-0.15, -0.1) is 0 Å². The minimum absolute atomic E-state index is 0.125. The Morgan fingerprint density at radius 3 is 2.50 bits per heavy atom. The minimum atomic E-state index is -4.43. The lowest BCUT2D eigenvalue weighted by Gasteiger charge is -2.12. The van der Waals surface area contributed by atoms with Crippen molar-refractivity contribution in [3.63, 3.8) is 0 Å². The SMILES string of the molecule is OC(c1cccc(C(F)(F)F)c1)c1occc1Br. The normalized spacial score (nSPS) is 13.6. The van der Waals surface area contributed by atoms with E-state index in [1.807, 2.05) is 0 Å². The van der Waals surface area contributed by atoms with Gasteiger partial charge in [0.25, 0.3) is 0 Å². The summed E-state index contributed by atoms with van der Waals surface area (Å²) in [5.41, 5.74) is -0.679. The molecule has 0 saturated heterocycles. The van der Waals surface area contributed by atoms with E-state index in [4.69, 9.17) is 4.42 Å². The molecule has 2 aromatic rings. The largest absolute Gasteiger partial charge is 0.465 e. The molecule has 6 heteroatoms. The first-order chi connectivity index (χ1) is 8.39. The van der Waals surface area contributed by atoms with Gasteiger partial charge in [0.2, 0.25) is 0 Å². The van der Waals surface area contributed by atoms with Crippen molar-refractivity contribution in [2.75, 3.05) is 0 Å². The first-order valence-electron chi connectivity index (χ1n) is 4.97. The first kappa shape index (κ1) is 13.2. The van der Waals surface area contributed by atoms with Gasteiger partial charge in [0.05, 0.1) is 16.3 Å². The first-order valence-corrected chi connectivity index (χ1v) is 5.77. The fourth-order valence-electron chi connectivity index (χ4n) is 1.54. The lowest BCUT2D eigenvalue weighted by Crippen LogP contribution is -2.07. The quantitative estimate of drug-likeness (QED) is 0.902. The van der Waals surface area contributed by atoms with Crippen LogP contribution in [0.1, 0.15) is 23.0 Å². The summed E-state index contributed by atoms with van der Waals surface area (Å²) in [5, 5.41) is 9.96. The third kappa shape index (κ3) is 2.59. The number of benzene rings is 1. The van der Waals surface area contributed by atoms with E-state index in [0.29, 0.717) is 4.47 Å². The number of rotatable bonds is 2. The van der Waals surface area contributed by atoms with Gasteiger partial charge in [-0.25, -0.2) is 0 Å². The second kappa shape index (κ2) is 4.78. The molecule has 0 aliphatic rings. The molecule has 0 spiro atoms. The number of halogens is 4. The molecule has 0 aliphatic heterocycles. The molecular weight excluding hydrogens is 313 g/mol. The Balaban J connectivity index is 2.38. The third-order valence-electron chi connectivity index (χ3n) is 2.42. The van der Waals surface area contributed by atoms with E-state index in [0.717, 1.165) is 12.1 Å². The lowest BCUT2D eigenvalue weighted by atomic mass is 10.0. The number of alkyl halides is 3. The standard InChI is InChI=1S/C12H8BrF3O2/c13-9-4-5-18-11(9)10(17)7-2-1-3-8(6-7)12(14,15)16/h1-6,10,17H. The summed E-state index contributed by atoms with van der Waals surface area (Å²) in [6.45, 7) is 0. The van der Waals surface area contributed by atoms with Gasteiger partial charge in [-0.3, -0.25) is 0 Å². The van der Waals surface area contributed by atoms with Crippen LogP contribution in [0.5, 0.6) is 0 Å². The highest BCUT2D eigenvalue weighted by atomic mass is 79.9. The number of aliphatic hydroxyl groups is 1. The monoisotopic (exact) mass is 320 g/mol. The van der Waals surface area contributed by atoms with E-state index >= 15 is 0 Å². The van der Waals surface area contributed by atoms with Gasteiger partial charge in [-0.05, 0) is 39.7 Å². The Bertz CT molecular complexity index is 548. The van der Waals surface area contributed by atoms with E-state index < -0.39 is 17.8 Å². The molecule has 1 atom stereocenters. The molecule has 0 amide bonds. The molecular formula is C12H8BrF3O2. The van der Waals surface area contributed by atoms with Crippen LogP contribution in [0, 0.1) is 0 Å². The zero-order valence-electron chi connectivity index (χ0n) is 8.91. The summed E-state index contributed by atoms with van der Waals surface area (Å²) in [6, 6.07) is 6.08. The fraction of sp³-hybridized carbons (Fsp3) is 0.167. The summed E-state index contributed by atoms with van der Waals surface area (Å²) < 4.78 is 43.2. The molecule has 1 aromatic heterocycles. The van der Waals surface area contributed by atoms with Crippen LogP contribution in [0.25, 0.3) is 0 Å². The summed E-state index contributed by atoms with van der Waals surface area (Å²) in [5.74, 6) is 0.175. The molecule has 0 fully saturated rings. The Morgan fingerprint density at radius 1 is 1.22 bits per heavy atom. The van der Waals surface area contributed by atoms with Crippen molar-refractivity contribution in [3.05, 3.63) is 58.0 Å². The highest BCUT2D eigenvalue weighted by Gasteiger charge is 2.31. The topological polar surface area (TPSA) is 33.4 Å². The molecule has 2 rings (SSSR count). The van der Waals surface area contributed by atoms with Crippen molar-refractivity contribution in [2.24, 2.45) is 0 Å². The summed E-state index contributed by atoms with van der Waals surface area (Å²) in [4.78, 5) is 0. The van der Waals surface area contributed by atoms with E-state index in [1.54, 1.807) is 6.07 Å². The molecule has 0 bridgehead atoms. The second-order valence-electron chi connectivity index (χ2n) is 3.66. The fourth-order valence-corrected chi connectivity index (χ4v) is 1.96. The van der Waals surface area contributed by atoms with Crippen LogP contribution in [-0.2, 0) is 6.18 Å². The van der Waals surface area contributed by atoms with Crippen LogP contribution in [0.2, 0.25) is 0 Å². The molecule has 1 N–H and O–H groups in total. The van der Waals surface area contributed by atoms with Gasteiger partial charge >= 0.3 is 6.18 Å². The molecule has 18 heavy (non-hydrogen) atoms. The van der Waals surface area contributed by atoms with Gasteiger partial charge in [0.1, 0.15) is 6.10 Å². The third-order valence-corrected chi connectivity index (χ3v) is 3.08. The van der Waals surface area contributed by atoms with Crippen molar-refractivity contribution in [1.29, 1.82) is 0 Å². The van der Waals surface area contributed by atoms with Gasteiger partial charge in [-0.1, -0.05) is 12.1 Å². The number of hydrogen-bond donors (Lipinski definition) is 1. The van der Waals surface area contributed by atoms with Crippen LogP contribution < -0.4 is 0 Å². The maximum absolute atomic E-state index is 12.5. The maximum Gasteiger partial charge on any atom is 0.416 e. The molecule has 0 saturated carbocycles. The molecule has 1 unspecified atom stereocenters. The minimum Gasteiger partial charge on any atom is -0.465 e. The van der Waals surface area contributed by atoms with Gasteiger partial charge in [0.15, 0.2) is 5.76 Å². The van der Waals surface area contributed by atoms with Crippen molar-refractivity contribution < 1.29 is 22.7 Å². The predicted octanol–water partition coefficient (Wildman–Crippen LogP) is 4.14. The zero-order valence-corrected chi connectivity index (χ0v) is 10.5. The second-order valence-corrected chi connectivity index (χ2v) is 4.51. The van der Waals surface area contributed by atoms with Crippen LogP contribution in [0.15, 0.2) is 45.5 Å². The van der Waals surface area contributed by atoms with Crippen LogP contribution in [-0.4, -0.2) is 5.11 Å². The van der Waals surface area contributed by atoms with Crippen LogP contribution >= 0.6 is 15.9 Å². The Hall–Kier alpha value is -1.27. The Labute approximate surface area is 109 Å². The lowest BCUT2D eigenvalue weighted by molar-refractivity contribution is -0.137. The van der Waals surface area contributed by atoms with Gasteiger partial charge in [0, 0.05) is 0 Å². The molecule has 0 aliphatic carbocycles. The molecule has 0 radical (unpaired) electrons. The predicted molar refractivity (Wildman–Crippen MR) is 61.9 cm³/mol. The van der Waals surface area contributed by atoms with E-state index in [1.165, 1.54) is 18.4 Å². The van der Waals surface area contributed by atoms with Crippen molar-refractivity contribution in [2.45, 2.75) is 12.3 Å². The number of hydrogen-bond acceptors (Lipinski definition) is 2. The number of aliphatic hydroxyl groups excluding tert-OH is 1. The molecule has 96 valence electrons. The Kier molecular flexibility index (Phi) is 3.49. The Morgan fingerprint density at radius 2 is 1.94 bits per heavy atom. The average molecular weight is 321 g/mol. The van der Waals surface area contributed by atoms with Gasteiger partial charge in [-0.2, -0.15) is 13.2 Å². The molecule has 2 nitrogen and oxygen atoms in total. The molecule has 1 aromatic carbocycles. The number of furan rings is 1. The molecule has 1 heterocycles.